The van der Waals surface area contributed by atoms with E-state index < -0.39 is 18.3 Å². The third-order valence-corrected chi connectivity index (χ3v) is 8.20. The number of cyclic esters (lactones) is 1. The Morgan fingerprint density at radius 3 is 1.94 bits per heavy atom. The Morgan fingerprint density at radius 1 is 0.833 bits per heavy atom. The van der Waals surface area contributed by atoms with Gasteiger partial charge in [0, 0.05) is 24.3 Å². The van der Waals surface area contributed by atoms with Gasteiger partial charge >= 0.3 is 5.97 Å². The van der Waals surface area contributed by atoms with Gasteiger partial charge in [0.05, 0.1) is 18.1 Å². The molecular formula is C29H55NO6. The van der Waals surface area contributed by atoms with Crippen molar-refractivity contribution in [3.05, 3.63) is 0 Å². The molecule has 0 radical (unpaired) electrons. The minimum absolute atomic E-state index is 0.00211. The van der Waals surface area contributed by atoms with E-state index in [1.165, 1.54) is 0 Å². The highest BCUT2D eigenvalue weighted by Crippen LogP contribution is 2.30. The maximum Gasteiger partial charge on any atom is 0.311 e. The lowest BCUT2D eigenvalue weighted by atomic mass is 9.79. The topological polar surface area (TPSA) is 96.3 Å². The summed E-state index contributed by atoms with van der Waals surface area (Å²) in [5.74, 6) is -0.0722. The average molecular weight is 514 g/mol. The fourth-order valence-corrected chi connectivity index (χ4v) is 5.90. The van der Waals surface area contributed by atoms with E-state index in [9.17, 15) is 19.8 Å². The fraction of sp³-hybridized carbons (Fsp3) is 0.931. The highest BCUT2D eigenvalue weighted by Gasteiger charge is 2.34. The number of hydrogen-bond donors (Lipinski definition) is 2. The third-order valence-electron chi connectivity index (χ3n) is 8.20. The molecule has 36 heavy (non-hydrogen) atoms. The molecule has 0 aromatic rings. The molecule has 2 fully saturated rings. The first-order valence-electron chi connectivity index (χ1n) is 14.1. The lowest BCUT2D eigenvalue weighted by Gasteiger charge is -2.34. The SMILES string of the molecule is CC1CC(N(C)C)CC(O)O1.CCC1OC(=O)C(C)C(O)C(C)CC(C)C[C@@H](C)C(=O)[C@H](C)C[C@H]1C. The zero-order valence-corrected chi connectivity index (χ0v) is 24.6. The van der Waals surface area contributed by atoms with Crippen LogP contribution in [0, 0.1) is 35.5 Å². The van der Waals surface area contributed by atoms with Crippen LogP contribution in [0.15, 0.2) is 0 Å². The van der Waals surface area contributed by atoms with E-state index in [-0.39, 0.29) is 41.8 Å². The molecule has 7 heteroatoms. The van der Waals surface area contributed by atoms with Crippen LogP contribution in [0.25, 0.3) is 0 Å². The number of rotatable bonds is 2. The van der Waals surface area contributed by atoms with Crippen molar-refractivity contribution in [1.82, 2.24) is 4.90 Å². The van der Waals surface area contributed by atoms with Gasteiger partial charge in [0.1, 0.15) is 11.9 Å². The van der Waals surface area contributed by atoms with Gasteiger partial charge in [-0.25, -0.2) is 0 Å². The van der Waals surface area contributed by atoms with Crippen LogP contribution in [0.1, 0.15) is 93.9 Å². The molecule has 8 unspecified atom stereocenters. The van der Waals surface area contributed by atoms with Crippen LogP contribution in [-0.4, -0.2) is 71.6 Å². The molecule has 11 atom stereocenters. The van der Waals surface area contributed by atoms with Gasteiger partial charge in [-0.15, -0.1) is 0 Å². The van der Waals surface area contributed by atoms with Crippen molar-refractivity contribution in [1.29, 1.82) is 0 Å². The monoisotopic (exact) mass is 513 g/mol. The van der Waals surface area contributed by atoms with Crippen LogP contribution in [0.5, 0.6) is 0 Å². The van der Waals surface area contributed by atoms with Crippen molar-refractivity contribution in [2.45, 2.75) is 125 Å². The largest absolute Gasteiger partial charge is 0.462 e. The Hall–Kier alpha value is -1.02. The summed E-state index contributed by atoms with van der Waals surface area (Å²) in [7, 11) is 4.07. The Labute approximate surface area is 220 Å². The molecule has 0 aromatic carbocycles. The summed E-state index contributed by atoms with van der Waals surface area (Å²) in [6, 6.07) is 0.466. The van der Waals surface area contributed by atoms with Gasteiger partial charge in [0.2, 0.25) is 0 Å². The molecule has 0 saturated carbocycles. The summed E-state index contributed by atoms with van der Waals surface area (Å²) in [6.07, 6.45) is 3.55. The molecule has 0 amide bonds. The second-order valence-corrected chi connectivity index (χ2v) is 12.1. The number of carbonyl (C=O) groups is 2. The van der Waals surface area contributed by atoms with E-state index in [0.29, 0.717) is 17.7 Å². The summed E-state index contributed by atoms with van der Waals surface area (Å²) >= 11 is 0. The lowest BCUT2D eigenvalue weighted by Crippen LogP contribution is -2.41. The van der Waals surface area contributed by atoms with Crippen molar-refractivity contribution >= 4 is 11.8 Å². The number of nitrogens with zero attached hydrogens (tertiary/aromatic N) is 1. The molecule has 0 spiro atoms. The molecule has 2 aliphatic rings. The number of hydrogen-bond acceptors (Lipinski definition) is 7. The Kier molecular flexibility index (Phi) is 14.1. The maximum absolute atomic E-state index is 12.7. The van der Waals surface area contributed by atoms with Gasteiger partial charge in [0.25, 0.3) is 0 Å². The number of carbonyl (C=O) groups excluding carboxylic acids is 2. The van der Waals surface area contributed by atoms with Crippen LogP contribution >= 0.6 is 0 Å². The number of Topliss-reactive ketones (excluding diaryl/α,β-unsaturated/α-hetero) is 1. The van der Waals surface area contributed by atoms with Crippen molar-refractivity contribution in [2.75, 3.05) is 14.1 Å². The van der Waals surface area contributed by atoms with E-state index in [1.54, 1.807) is 6.92 Å². The zero-order chi connectivity index (χ0) is 27.7. The Bertz CT molecular complexity index is 660. The molecule has 2 aliphatic heterocycles. The van der Waals surface area contributed by atoms with E-state index in [1.807, 2.05) is 55.6 Å². The predicted octanol–water partition coefficient (Wildman–Crippen LogP) is 4.67. The zero-order valence-electron chi connectivity index (χ0n) is 24.6. The number of aliphatic hydroxyl groups excluding tert-OH is 2. The first kappa shape index (κ1) is 33.0. The second-order valence-electron chi connectivity index (χ2n) is 12.1. The third kappa shape index (κ3) is 10.4. The summed E-state index contributed by atoms with van der Waals surface area (Å²) < 4.78 is 10.9. The summed E-state index contributed by atoms with van der Waals surface area (Å²) in [5.41, 5.74) is 0. The summed E-state index contributed by atoms with van der Waals surface area (Å²) in [6.45, 7) is 15.9. The minimum atomic E-state index is -0.712. The van der Waals surface area contributed by atoms with E-state index in [4.69, 9.17) is 9.47 Å². The highest BCUT2D eigenvalue weighted by atomic mass is 16.6. The first-order chi connectivity index (χ1) is 16.7. The fourth-order valence-electron chi connectivity index (χ4n) is 5.90. The molecule has 7 nitrogen and oxygen atoms in total. The minimum Gasteiger partial charge on any atom is -0.462 e. The molecule has 2 saturated heterocycles. The van der Waals surface area contributed by atoms with Gasteiger partial charge in [-0.3, -0.25) is 9.59 Å². The quantitative estimate of drug-likeness (QED) is 0.518. The number of aliphatic hydroxyl groups is 2. The van der Waals surface area contributed by atoms with Gasteiger partial charge < -0.3 is 24.6 Å². The van der Waals surface area contributed by atoms with Crippen LogP contribution in [0.2, 0.25) is 0 Å². The van der Waals surface area contributed by atoms with Gasteiger partial charge in [-0.1, -0.05) is 41.5 Å². The number of ketones is 1. The van der Waals surface area contributed by atoms with Gasteiger partial charge in [-0.2, -0.15) is 0 Å². The van der Waals surface area contributed by atoms with Crippen LogP contribution in [-0.2, 0) is 19.1 Å². The smallest absolute Gasteiger partial charge is 0.311 e. The van der Waals surface area contributed by atoms with Crippen molar-refractivity contribution in [3.63, 3.8) is 0 Å². The molecule has 0 bridgehead atoms. The summed E-state index contributed by atoms with van der Waals surface area (Å²) in [4.78, 5) is 27.3. The average Bonchev–Trinajstić information content (AvgIpc) is 2.79. The molecule has 2 N–H and O–H groups in total. The standard InChI is InChI=1S/C21H38O4.C8H17NO2/c1-8-18-13(3)11-16(6)19(22)14(4)9-12(2)10-15(5)20(23)17(7)21(24)25-18;1-6-4-7(9(2)3)5-8(10)11-6/h12-18,20,23H,8-11H2,1-7H3;6-8,10H,4-5H2,1-3H3/t12?,13-,14-,15?,16-,17?,18?,20?;/m1./s1. The van der Waals surface area contributed by atoms with E-state index in [0.717, 1.165) is 38.5 Å². The molecule has 212 valence electrons. The predicted molar refractivity (Wildman–Crippen MR) is 143 cm³/mol. The second kappa shape index (κ2) is 15.4. The van der Waals surface area contributed by atoms with Gasteiger partial charge in [-0.05, 0) is 77.8 Å². The van der Waals surface area contributed by atoms with Gasteiger partial charge in [0.15, 0.2) is 6.29 Å². The molecule has 2 rings (SSSR count). The van der Waals surface area contributed by atoms with Crippen LogP contribution in [0.4, 0.5) is 0 Å². The summed E-state index contributed by atoms with van der Waals surface area (Å²) in [5, 5.41) is 19.8. The van der Waals surface area contributed by atoms with Crippen LogP contribution < -0.4 is 0 Å². The molecule has 2 heterocycles. The number of esters is 1. The lowest BCUT2D eigenvalue weighted by molar-refractivity contribution is -0.172. The van der Waals surface area contributed by atoms with Crippen molar-refractivity contribution in [3.8, 4) is 0 Å². The highest BCUT2D eigenvalue weighted by molar-refractivity contribution is 5.82. The normalized spacial score (nSPS) is 41.6. The Morgan fingerprint density at radius 2 is 1.42 bits per heavy atom. The number of ether oxygens (including phenoxy) is 2. The van der Waals surface area contributed by atoms with Crippen molar-refractivity contribution in [2.24, 2.45) is 35.5 Å². The Balaban J connectivity index is 0.000000488. The van der Waals surface area contributed by atoms with E-state index in [2.05, 4.69) is 11.8 Å². The molecular weight excluding hydrogens is 458 g/mol. The molecule has 0 aliphatic carbocycles. The maximum atomic E-state index is 12.7. The van der Waals surface area contributed by atoms with Crippen LogP contribution in [0.3, 0.4) is 0 Å². The first-order valence-corrected chi connectivity index (χ1v) is 14.1. The van der Waals surface area contributed by atoms with Crippen molar-refractivity contribution < 1.29 is 29.3 Å². The molecule has 0 aromatic heterocycles. The van der Waals surface area contributed by atoms with E-state index >= 15 is 0 Å².